The lowest BCUT2D eigenvalue weighted by atomic mass is 10.1. The van der Waals surface area contributed by atoms with E-state index in [1.807, 2.05) is 43.3 Å². The van der Waals surface area contributed by atoms with Gasteiger partial charge in [-0.3, -0.25) is 9.59 Å². The van der Waals surface area contributed by atoms with Crippen molar-refractivity contribution in [3.8, 4) is 23.3 Å². The molecule has 170 valence electrons. The summed E-state index contributed by atoms with van der Waals surface area (Å²) >= 11 is 0. The molecule has 0 aliphatic heterocycles. The van der Waals surface area contributed by atoms with Crippen molar-refractivity contribution in [2.24, 2.45) is 7.05 Å². The van der Waals surface area contributed by atoms with E-state index in [2.05, 4.69) is 27.1 Å². The number of pyridine rings is 1. The molecule has 0 spiro atoms. The molecule has 0 bridgehead atoms. The fourth-order valence-electron chi connectivity index (χ4n) is 3.36. The number of aromatic nitrogens is 3. The van der Waals surface area contributed by atoms with Crippen LogP contribution in [-0.4, -0.2) is 27.5 Å². The molecule has 2 aromatic carbocycles. The minimum absolute atomic E-state index is 0.141. The molecule has 2 heterocycles. The molecule has 0 unspecified atom stereocenters. The third-order valence-corrected chi connectivity index (χ3v) is 5.28. The van der Waals surface area contributed by atoms with Gasteiger partial charge in [-0.1, -0.05) is 5.92 Å². The zero-order valence-corrected chi connectivity index (χ0v) is 19.3. The summed E-state index contributed by atoms with van der Waals surface area (Å²) in [7, 11) is 3.36. The van der Waals surface area contributed by atoms with Gasteiger partial charge in [-0.05, 0) is 67.8 Å². The maximum absolute atomic E-state index is 12.2. The summed E-state index contributed by atoms with van der Waals surface area (Å²) in [4.78, 5) is 34.2. The van der Waals surface area contributed by atoms with Crippen molar-refractivity contribution >= 4 is 34.0 Å². The Balaban J connectivity index is 1.61. The van der Waals surface area contributed by atoms with Crippen LogP contribution in [0.25, 0.3) is 10.9 Å². The second-order valence-corrected chi connectivity index (χ2v) is 7.68. The summed E-state index contributed by atoms with van der Waals surface area (Å²) in [6.45, 7) is 3.55. The number of anilines is 3. The van der Waals surface area contributed by atoms with Crippen molar-refractivity contribution in [1.82, 2.24) is 14.5 Å². The third-order valence-electron chi connectivity index (χ3n) is 5.28. The van der Waals surface area contributed by atoms with E-state index in [0.717, 1.165) is 22.2 Å². The molecular formula is C26H23N5O3. The van der Waals surface area contributed by atoms with Crippen molar-refractivity contribution in [1.29, 1.82) is 0 Å². The second-order valence-electron chi connectivity index (χ2n) is 7.68. The van der Waals surface area contributed by atoms with E-state index in [4.69, 9.17) is 4.74 Å². The van der Waals surface area contributed by atoms with Crippen molar-refractivity contribution in [2.75, 3.05) is 17.3 Å². The molecule has 8 heteroatoms. The lowest BCUT2D eigenvalue weighted by Crippen LogP contribution is -2.24. The topological polar surface area (TPSA) is 89.3 Å². The van der Waals surface area contributed by atoms with Gasteiger partial charge in [0.2, 0.25) is 0 Å². The van der Waals surface area contributed by atoms with Gasteiger partial charge in [0.1, 0.15) is 23.6 Å². The molecule has 8 nitrogen and oxygen atoms in total. The van der Waals surface area contributed by atoms with Crippen LogP contribution in [0.3, 0.4) is 0 Å². The summed E-state index contributed by atoms with van der Waals surface area (Å²) < 4.78 is 7.37. The monoisotopic (exact) mass is 453 g/mol. The molecule has 0 fully saturated rings. The predicted molar refractivity (Wildman–Crippen MR) is 133 cm³/mol. The SMILES string of the molecule is CC#CC(=O)N(C)c1ccc2ncnc(Nc3ccc(Oc4ccn(C)c(=O)c4)c(C)c3)c2c1. The number of ether oxygens (including phenoxy) is 1. The van der Waals surface area contributed by atoms with Crippen LogP contribution < -0.4 is 20.5 Å². The molecule has 0 radical (unpaired) electrons. The average molecular weight is 454 g/mol. The Hall–Kier alpha value is -4.64. The number of hydrogen-bond acceptors (Lipinski definition) is 6. The van der Waals surface area contributed by atoms with Crippen molar-refractivity contribution in [3.05, 3.63) is 77.0 Å². The Kier molecular flexibility index (Phi) is 6.28. The normalized spacial score (nSPS) is 10.4. The lowest BCUT2D eigenvalue weighted by Gasteiger charge is -2.16. The molecule has 0 aliphatic carbocycles. The molecule has 1 N–H and O–H groups in total. The van der Waals surface area contributed by atoms with Crippen LogP contribution in [-0.2, 0) is 11.8 Å². The zero-order valence-electron chi connectivity index (χ0n) is 19.3. The molecule has 34 heavy (non-hydrogen) atoms. The molecule has 2 aromatic heterocycles. The minimum Gasteiger partial charge on any atom is -0.457 e. The minimum atomic E-state index is -0.296. The van der Waals surface area contributed by atoms with Crippen molar-refractivity contribution < 1.29 is 9.53 Å². The lowest BCUT2D eigenvalue weighted by molar-refractivity contribution is -0.113. The quantitative estimate of drug-likeness (QED) is 0.457. The Morgan fingerprint density at radius 3 is 2.68 bits per heavy atom. The number of aryl methyl sites for hydroxylation is 2. The van der Waals surface area contributed by atoms with Gasteiger partial charge in [0.15, 0.2) is 0 Å². The fraction of sp³-hybridized carbons (Fsp3) is 0.154. The molecule has 0 atom stereocenters. The molecule has 1 amide bonds. The van der Waals surface area contributed by atoms with Crippen LogP contribution in [0.2, 0.25) is 0 Å². The van der Waals surface area contributed by atoms with Crippen LogP contribution in [0.5, 0.6) is 11.5 Å². The first-order valence-corrected chi connectivity index (χ1v) is 10.5. The predicted octanol–water partition coefficient (Wildman–Crippen LogP) is 4.16. The summed E-state index contributed by atoms with van der Waals surface area (Å²) in [6, 6.07) is 14.3. The number of carbonyl (C=O) groups excluding carboxylic acids is 1. The number of hydrogen-bond donors (Lipinski definition) is 1. The number of nitrogens with one attached hydrogen (secondary N) is 1. The first-order chi connectivity index (χ1) is 16.4. The highest BCUT2D eigenvalue weighted by Gasteiger charge is 2.12. The van der Waals surface area contributed by atoms with Crippen LogP contribution in [0, 0.1) is 18.8 Å². The van der Waals surface area contributed by atoms with E-state index in [0.29, 0.717) is 23.0 Å². The summed E-state index contributed by atoms with van der Waals surface area (Å²) in [5, 5.41) is 4.09. The molecule has 0 saturated heterocycles. The van der Waals surface area contributed by atoms with E-state index in [1.165, 1.54) is 21.9 Å². The fourth-order valence-corrected chi connectivity index (χ4v) is 3.36. The van der Waals surface area contributed by atoms with Gasteiger partial charge in [-0.2, -0.15) is 0 Å². The molecular weight excluding hydrogens is 430 g/mol. The second kappa shape index (κ2) is 9.46. The van der Waals surface area contributed by atoms with Crippen LogP contribution in [0.4, 0.5) is 17.2 Å². The zero-order chi connectivity index (χ0) is 24.2. The summed E-state index contributed by atoms with van der Waals surface area (Å²) in [5.74, 6) is 6.60. The Bertz CT molecular complexity index is 1510. The smallest absolute Gasteiger partial charge is 0.302 e. The van der Waals surface area contributed by atoms with Gasteiger partial charge >= 0.3 is 5.91 Å². The first-order valence-electron chi connectivity index (χ1n) is 10.5. The number of carbonyl (C=O) groups is 1. The van der Waals surface area contributed by atoms with E-state index in [-0.39, 0.29) is 11.5 Å². The highest BCUT2D eigenvalue weighted by Crippen LogP contribution is 2.30. The van der Waals surface area contributed by atoms with Gasteiger partial charge in [0.05, 0.1) is 5.52 Å². The maximum Gasteiger partial charge on any atom is 0.302 e. The van der Waals surface area contributed by atoms with E-state index in [9.17, 15) is 9.59 Å². The van der Waals surface area contributed by atoms with Crippen LogP contribution >= 0.6 is 0 Å². The van der Waals surface area contributed by atoms with Gasteiger partial charge < -0.3 is 19.5 Å². The standard InChI is InChI=1S/C26H23N5O3/c1-5-6-24(32)31(4)19-8-9-22-21(14-19)26(28-16-27-22)29-18-7-10-23(17(2)13-18)34-20-11-12-30(3)25(33)15-20/h7-16H,1-4H3,(H,27,28,29). The van der Waals surface area contributed by atoms with E-state index >= 15 is 0 Å². The molecule has 4 aromatic rings. The summed E-state index contributed by atoms with van der Waals surface area (Å²) in [6.07, 6.45) is 3.15. The van der Waals surface area contributed by atoms with Gasteiger partial charge in [-0.25, -0.2) is 9.97 Å². The highest BCUT2D eigenvalue weighted by molar-refractivity contribution is 6.06. The molecule has 4 rings (SSSR count). The number of nitrogens with zero attached hydrogens (tertiary/aromatic N) is 4. The maximum atomic E-state index is 12.2. The van der Waals surface area contributed by atoms with Gasteiger partial charge in [-0.15, -0.1) is 0 Å². The molecule has 0 aliphatic rings. The summed E-state index contributed by atoms with van der Waals surface area (Å²) in [5.41, 5.74) is 2.98. The van der Waals surface area contributed by atoms with E-state index < -0.39 is 0 Å². The van der Waals surface area contributed by atoms with Gasteiger partial charge in [0.25, 0.3) is 5.56 Å². The highest BCUT2D eigenvalue weighted by atomic mass is 16.5. The Labute approximate surface area is 196 Å². The average Bonchev–Trinajstić information content (AvgIpc) is 2.83. The number of benzene rings is 2. The number of fused-ring (bicyclic) bond motifs is 1. The van der Waals surface area contributed by atoms with Crippen molar-refractivity contribution in [3.63, 3.8) is 0 Å². The van der Waals surface area contributed by atoms with Crippen LogP contribution in [0.15, 0.2) is 65.8 Å². The number of rotatable bonds is 5. The third kappa shape index (κ3) is 4.74. The Morgan fingerprint density at radius 1 is 1.12 bits per heavy atom. The Morgan fingerprint density at radius 2 is 1.94 bits per heavy atom. The largest absolute Gasteiger partial charge is 0.457 e. The van der Waals surface area contributed by atoms with Crippen molar-refractivity contribution in [2.45, 2.75) is 13.8 Å². The van der Waals surface area contributed by atoms with Crippen LogP contribution in [0.1, 0.15) is 12.5 Å². The first kappa shape index (κ1) is 22.6. The number of amides is 1. The van der Waals surface area contributed by atoms with E-state index in [1.54, 1.807) is 33.3 Å². The van der Waals surface area contributed by atoms with Gasteiger partial charge in [0, 0.05) is 43.1 Å². The molecule has 0 saturated carbocycles.